The number of anilines is 1. The minimum absolute atomic E-state index is 0.0108. The Kier molecular flexibility index (Phi) is 4.12. The third-order valence-electron chi connectivity index (χ3n) is 5.61. The van der Waals surface area contributed by atoms with E-state index in [0.29, 0.717) is 17.5 Å². The van der Waals surface area contributed by atoms with Crippen molar-refractivity contribution in [2.45, 2.75) is 38.3 Å². The highest BCUT2D eigenvalue weighted by atomic mass is 16.5. The summed E-state index contributed by atoms with van der Waals surface area (Å²) < 4.78 is 7.42. The molecule has 0 atom stereocenters. The topological polar surface area (TPSA) is 109 Å². The van der Waals surface area contributed by atoms with Gasteiger partial charge in [-0.05, 0) is 43.5 Å². The normalized spacial score (nSPS) is 20.8. The third-order valence-corrected chi connectivity index (χ3v) is 5.61. The number of fused-ring (bicyclic) bond motifs is 2. The fourth-order valence-electron chi connectivity index (χ4n) is 4.37. The molecule has 9 heteroatoms. The first-order valence-corrected chi connectivity index (χ1v) is 9.86. The van der Waals surface area contributed by atoms with E-state index in [0.717, 1.165) is 34.9 Å². The van der Waals surface area contributed by atoms with Crippen molar-refractivity contribution in [3.63, 3.8) is 0 Å². The number of nitrogens with one attached hydrogen (secondary N) is 3. The van der Waals surface area contributed by atoms with Crippen molar-refractivity contribution in [2.75, 3.05) is 12.4 Å². The largest absolute Gasteiger partial charge is 0.480 e. The first-order valence-electron chi connectivity index (χ1n) is 9.86. The fourth-order valence-corrected chi connectivity index (χ4v) is 4.37. The summed E-state index contributed by atoms with van der Waals surface area (Å²) >= 11 is 0. The van der Waals surface area contributed by atoms with E-state index in [1.54, 1.807) is 20.2 Å². The second-order valence-corrected chi connectivity index (χ2v) is 8.09. The Bertz CT molecular complexity index is 1250. The Morgan fingerprint density at radius 2 is 2.17 bits per heavy atom. The minimum atomic E-state index is -0.177. The number of aromatic amines is 1. The summed E-state index contributed by atoms with van der Waals surface area (Å²) in [5, 5.41) is 11.4. The van der Waals surface area contributed by atoms with Gasteiger partial charge in [-0.15, -0.1) is 0 Å². The molecule has 0 aliphatic heterocycles. The summed E-state index contributed by atoms with van der Waals surface area (Å²) in [5.74, 6) is 1.01. The number of carbonyl (C=O) groups is 1. The number of carbonyl (C=O) groups excluding carboxylic acids is 1. The van der Waals surface area contributed by atoms with E-state index in [2.05, 4.69) is 36.8 Å². The van der Waals surface area contributed by atoms with Gasteiger partial charge in [0.15, 0.2) is 0 Å². The molecule has 154 valence electrons. The second kappa shape index (κ2) is 6.72. The predicted molar refractivity (Wildman–Crippen MR) is 113 cm³/mol. The van der Waals surface area contributed by atoms with E-state index in [1.807, 2.05) is 36.0 Å². The van der Waals surface area contributed by atoms with Crippen LogP contribution < -0.4 is 15.4 Å². The smallest absolute Gasteiger partial charge is 0.228 e. The van der Waals surface area contributed by atoms with Gasteiger partial charge in [0, 0.05) is 42.7 Å². The van der Waals surface area contributed by atoms with Crippen LogP contribution in [0.4, 0.5) is 5.95 Å². The van der Waals surface area contributed by atoms with Crippen LogP contribution >= 0.6 is 0 Å². The Hall–Kier alpha value is -3.62. The SMILES string of the molecule is COc1nc(N[C@H]2C[C@@](C)(NC(C)=O)C2)nc2[nH]cc(-c3ccn4nccc4c3)c12. The maximum Gasteiger partial charge on any atom is 0.228 e. The molecule has 5 rings (SSSR count). The molecule has 30 heavy (non-hydrogen) atoms. The lowest BCUT2D eigenvalue weighted by Gasteiger charge is -2.45. The number of aromatic nitrogens is 5. The van der Waals surface area contributed by atoms with Crippen LogP contribution in [0.25, 0.3) is 27.7 Å². The second-order valence-electron chi connectivity index (χ2n) is 8.09. The Morgan fingerprint density at radius 1 is 1.33 bits per heavy atom. The Labute approximate surface area is 172 Å². The minimum Gasteiger partial charge on any atom is -0.480 e. The van der Waals surface area contributed by atoms with E-state index in [9.17, 15) is 4.79 Å². The van der Waals surface area contributed by atoms with Gasteiger partial charge in [-0.25, -0.2) is 4.52 Å². The van der Waals surface area contributed by atoms with Gasteiger partial charge >= 0.3 is 0 Å². The van der Waals surface area contributed by atoms with Gasteiger partial charge in [-0.2, -0.15) is 15.1 Å². The number of rotatable bonds is 5. The zero-order valence-electron chi connectivity index (χ0n) is 17.1. The Morgan fingerprint density at radius 3 is 2.93 bits per heavy atom. The summed E-state index contributed by atoms with van der Waals surface area (Å²) in [6.45, 7) is 3.59. The van der Waals surface area contributed by atoms with Crippen molar-refractivity contribution < 1.29 is 9.53 Å². The van der Waals surface area contributed by atoms with Crippen molar-refractivity contribution >= 4 is 28.4 Å². The summed E-state index contributed by atoms with van der Waals surface area (Å²) in [7, 11) is 1.61. The van der Waals surface area contributed by atoms with Crippen LogP contribution in [0.15, 0.2) is 36.8 Å². The lowest BCUT2D eigenvalue weighted by molar-refractivity contribution is -0.121. The van der Waals surface area contributed by atoms with E-state index < -0.39 is 0 Å². The van der Waals surface area contributed by atoms with Crippen LogP contribution in [-0.4, -0.2) is 49.2 Å². The van der Waals surface area contributed by atoms with Crippen molar-refractivity contribution in [1.29, 1.82) is 0 Å². The molecule has 0 bridgehead atoms. The van der Waals surface area contributed by atoms with Crippen LogP contribution in [0.5, 0.6) is 5.88 Å². The zero-order chi connectivity index (χ0) is 20.9. The number of amides is 1. The molecule has 1 aliphatic rings. The molecule has 4 aromatic rings. The lowest BCUT2D eigenvalue weighted by atomic mass is 9.74. The maximum atomic E-state index is 11.3. The molecular formula is C21H23N7O2. The van der Waals surface area contributed by atoms with Crippen LogP contribution in [0.3, 0.4) is 0 Å². The molecule has 1 fully saturated rings. The summed E-state index contributed by atoms with van der Waals surface area (Å²) in [5.41, 5.74) is 3.54. The van der Waals surface area contributed by atoms with Crippen molar-refractivity contribution in [3.8, 4) is 17.0 Å². The number of hydrogen-bond acceptors (Lipinski definition) is 6. The van der Waals surface area contributed by atoms with Gasteiger partial charge in [0.25, 0.3) is 0 Å². The number of methoxy groups -OCH3 is 1. The van der Waals surface area contributed by atoms with Crippen molar-refractivity contribution in [3.05, 3.63) is 36.8 Å². The predicted octanol–water partition coefficient (Wildman–Crippen LogP) is 2.75. The molecular weight excluding hydrogens is 382 g/mol. The van der Waals surface area contributed by atoms with Crippen LogP contribution in [0, 0.1) is 0 Å². The number of H-pyrrole nitrogens is 1. The molecule has 0 aromatic carbocycles. The van der Waals surface area contributed by atoms with Crippen LogP contribution in [-0.2, 0) is 4.79 Å². The monoisotopic (exact) mass is 405 g/mol. The molecule has 1 saturated carbocycles. The molecule has 4 aromatic heterocycles. The number of hydrogen-bond donors (Lipinski definition) is 3. The first kappa shape index (κ1) is 18.4. The molecule has 1 amide bonds. The third kappa shape index (κ3) is 3.12. The highest BCUT2D eigenvalue weighted by Gasteiger charge is 2.41. The zero-order valence-corrected chi connectivity index (χ0v) is 17.1. The van der Waals surface area contributed by atoms with E-state index in [-0.39, 0.29) is 17.5 Å². The number of pyridine rings is 1. The lowest BCUT2D eigenvalue weighted by Crippen LogP contribution is -2.59. The summed E-state index contributed by atoms with van der Waals surface area (Å²) in [4.78, 5) is 23.8. The highest BCUT2D eigenvalue weighted by molar-refractivity contribution is 5.98. The van der Waals surface area contributed by atoms with E-state index >= 15 is 0 Å². The van der Waals surface area contributed by atoms with Gasteiger partial charge in [0.2, 0.25) is 17.7 Å². The number of nitrogens with zero attached hydrogens (tertiary/aromatic N) is 4. The summed E-state index contributed by atoms with van der Waals surface area (Å²) in [6.07, 6.45) is 7.25. The van der Waals surface area contributed by atoms with Gasteiger partial charge in [-0.1, -0.05) is 0 Å². The Balaban J connectivity index is 1.44. The average molecular weight is 405 g/mol. The quantitative estimate of drug-likeness (QED) is 0.471. The molecule has 1 aliphatic carbocycles. The molecule has 0 spiro atoms. The van der Waals surface area contributed by atoms with Crippen molar-refractivity contribution in [1.82, 2.24) is 29.9 Å². The molecule has 4 heterocycles. The van der Waals surface area contributed by atoms with Crippen LogP contribution in [0.1, 0.15) is 26.7 Å². The molecule has 9 nitrogen and oxygen atoms in total. The maximum absolute atomic E-state index is 11.3. The standard InChI is InChI=1S/C21H23N7O2/c1-12(29)27-21(2)9-14(10-21)24-20-25-18-17(19(26-20)30-3)16(11-22-18)13-5-7-28-15(8-13)4-6-23-28/h4-8,11,14H,9-10H2,1-3H3,(H,27,29)(H2,22,24,25,26)/t14-,21+. The van der Waals surface area contributed by atoms with Crippen LogP contribution in [0.2, 0.25) is 0 Å². The highest BCUT2D eigenvalue weighted by Crippen LogP contribution is 2.37. The van der Waals surface area contributed by atoms with Gasteiger partial charge in [0.1, 0.15) is 5.65 Å². The average Bonchev–Trinajstić information content (AvgIpc) is 3.31. The molecule has 0 radical (unpaired) electrons. The van der Waals surface area contributed by atoms with Gasteiger partial charge in [-0.3, -0.25) is 4.79 Å². The fraction of sp³-hybridized carbons (Fsp3) is 0.333. The van der Waals surface area contributed by atoms with E-state index in [4.69, 9.17) is 4.74 Å². The van der Waals surface area contributed by atoms with Gasteiger partial charge in [0.05, 0.1) is 18.0 Å². The van der Waals surface area contributed by atoms with Crippen molar-refractivity contribution in [2.24, 2.45) is 0 Å². The first-order chi connectivity index (χ1) is 14.4. The molecule has 0 unspecified atom stereocenters. The molecule has 3 N–H and O–H groups in total. The van der Waals surface area contributed by atoms with Gasteiger partial charge < -0.3 is 20.4 Å². The van der Waals surface area contributed by atoms with E-state index in [1.165, 1.54) is 0 Å². The molecule has 0 saturated heterocycles. The number of ether oxygens (including phenoxy) is 1. The summed E-state index contributed by atoms with van der Waals surface area (Å²) in [6, 6.07) is 6.23.